The standard InChI is InChI=1S/C8H15N/c1-7-5-4-6-9(3)8(7)2/h4-5,7-8H,6H2,1-3H3. The molecular weight excluding hydrogens is 110 g/mol. The highest BCUT2D eigenvalue weighted by Gasteiger charge is 2.16. The van der Waals surface area contributed by atoms with Crippen LogP contribution in [-0.4, -0.2) is 24.5 Å². The van der Waals surface area contributed by atoms with E-state index in [2.05, 4.69) is 37.9 Å². The van der Waals surface area contributed by atoms with Crippen LogP contribution in [0.5, 0.6) is 0 Å². The SMILES string of the molecule is CC1C=CCN(C)C1C. The lowest BCUT2D eigenvalue weighted by Gasteiger charge is -2.30. The van der Waals surface area contributed by atoms with E-state index in [1.165, 1.54) is 0 Å². The molecule has 1 heteroatoms. The Morgan fingerprint density at radius 2 is 2.11 bits per heavy atom. The van der Waals surface area contributed by atoms with E-state index in [0.29, 0.717) is 0 Å². The van der Waals surface area contributed by atoms with E-state index in [1.54, 1.807) is 0 Å². The summed E-state index contributed by atoms with van der Waals surface area (Å²) < 4.78 is 0. The van der Waals surface area contributed by atoms with E-state index in [9.17, 15) is 0 Å². The van der Waals surface area contributed by atoms with Crippen LogP contribution < -0.4 is 0 Å². The van der Waals surface area contributed by atoms with Crippen molar-refractivity contribution in [2.24, 2.45) is 5.92 Å². The molecule has 0 fully saturated rings. The molecule has 0 radical (unpaired) electrons. The van der Waals surface area contributed by atoms with Crippen LogP contribution in [0, 0.1) is 5.92 Å². The molecular formula is C8H15N. The fourth-order valence-electron chi connectivity index (χ4n) is 1.17. The fraction of sp³-hybridized carbons (Fsp3) is 0.750. The monoisotopic (exact) mass is 125 g/mol. The van der Waals surface area contributed by atoms with Gasteiger partial charge in [-0.1, -0.05) is 19.1 Å². The molecule has 0 aromatic rings. The van der Waals surface area contributed by atoms with Crippen molar-refractivity contribution in [1.82, 2.24) is 4.90 Å². The second-order valence-corrected chi connectivity index (χ2v) is 2.97. The van der Waals surface area contributed by atoms with Crippen molar-refractivity contribution < 1.29 is 0 Å². The van der Waals surface area contributed by atoms with Gasteiger partial charge in [-0.25, -0.2) is 0 Å². The molecule has 0 aliphatic carbocycles. The predicted molar refractivity (Wildman–Crippen MR) is 40.4 cm³/mol. The molecule has 0 aromatic carbocycles. The summed E-state index contributed by atoms with van der Waals surface area (Å²) >= 11 is 0. The highest BCUT2D eigenvalue weighted by molar-refractivity contribution is 4.98. The Kier molecular flexibility index (Phi) is 1.91. The Balaban J connectivity index is 2.58. The largest absolute Gasteiger partial charge is 0.299 e. The summed E-state index contributed by atoms with van der Waals surface area (Å²) in [7, 11) is 2.17. The van der Waals surface area contributed by atoms with Crippen molar-refractivity contribution in [1.29, 1.82) is 0 Å². The number of likely N-dealkylation sites (N-methyl/N-ethyl adjacent to an activating group) is 1. The minimum absolute atomic E-state index is 0.718. The summed E-state index contributed by atoms with van der Waals surface area (Å²) in [4.78, 5) is 2.37. The number of hydrogen-bond donors (Lipinski definition) is 0. The van der Waals surface area contributed by atoms with Crippen LogP contribution in [0.2, 0.25) is 0 Å². The van der Waals surface area contributed by atoms with E-state index < -0.39 is 0 Å². The minimum atomic E-state index is 0.718. The lowest BCUT2D eigenvalue weighted by Crippen LogP contribution is -2.36. The number of hydrogen-bond acceptors (Lipinski definition) is 1. The fourth-order valence-corrected chi connectivity index (χ4v) is 1.17. The summed E-state index contributed by atoms with van der Waals surface area (Å²) in [6.45, 7) is 5.65. The van der Waals surface area contributed by atoms with E-state index in [-0.39, 0.29) is 0 Å². The van der Waals surface area contributed by atoms with E-state index >= 15 is 0 Å². The quantitative estimate of drug-likeness (QED) is 0.444. The van der Waals surface area contributed by atoms with Gasteiger partial charge in [-0.05, 0) is 19.9 Å². The second-order valence-electron chi connectivity index (χ2n) is 2.97. The molecule has 52 valence electrons. The predicted octanol–water partition coefficient (Wildman–Crippen LogP) is 1.51. The Morgan fingerprint density at radius 1 is 1.44 bits per heavy atom. The Morgan fingerprint density at radius 3 is 2.56 bits per heavy atom. The van der Waals surface area contributed by atoms with E-state index in [0.717, 1.165) is 18.5 Å². The molecule has 1 heterocycles. The second kappa shape index (κ2) is 2.53. The molecule has 0 N–H and O–H groups in total. The average Bonchev–Trinajstić information content (AvgIpc) is 1.83. The maximum atomic E-state index is 2.37. The molecule has 1 nitrogen and oxygen atoms in total. The summed E-state index contributed by atoms with van der Waals surface area (Å²) in [5, 5.41) is 0. The summed E-state index contributed by atoms with van der Waals surface area (Å²) in [6, 6.07) is 0.718. The van der Waals surface area contributed by atoms with Gasteiger partial charge < -0.3 is 0 Å². The van der Waals surface area contributed by atoms with Gasteiger partial charge in [0.25, 0.3) is 0 Å². The zero-order valence-corrected chi connectivity index (χ0v) is 6.46. The highest BCUT2D eigenvalue weighted by atomic mass is 15.1. The van der Waals surface area contributed by atoms with E-state index in [1.807, 2.05) is 0 Å². The van der Waals surface area contributed by atoms with Gasteiger partial charge in [0.15, 0.2) is 0 Å². The first-order chi connectivity index (χ1) is 4.22. The Hall–Kier alpha value is -0.300. The van der Waals surface area contributed by atoms with Gasteiger partial charge in [-0.2, -0.15) is 0 Å². The van der Waals surface area contributed by atoms with E-state index in [4.69, 9.17) is 0 Å². The third-order valence-corrected chi connectivity index (χ3v) is 2.29. The third-order valence-electron chi connectivity index (χ3n) is 2.29. The molecule has 0 spiro atoms. The van der Waals surface area contributed by atoms with Crippen LogP contribution in [0.1, 0.15) is 13.8 Å². The molecule has 0 bridgehead atoms. The topological polar surface area (TPSA) is 3.24 Å². The molecule has 2 atom stereocenters. The molecule has 0 aromatic heterocycles. The highest BCUT2D eigenvalue weighted by Crippen LogP contribution is 2.14. The molecule has 2 unspecified atom stereocenters. The first kappa shape index (κ1) is 6.81. The van der Waals surface area contributed by atoms with Crippen molar-refractivity contribution in [2.45, 2.75) is 19.9 Å². The Bertz CT molecular complexity index is 118. The zero-order valence-electron chi connectivity index (χ0n) is 6.46. The zero-order chi connectivity index (χ0) is 6.85. The Labute approximate surface area is 57.4 Å². The van der Waals surface area contributed by atoms with Gasteiger partial charge in [-0.3, -0.25) is 4.90 Å². The average molecular weight is 125 g/mol. The maximum Gasteiger partial charge on any atom is 0.0163 e. The molecule has 0 saturated heterocycles. The van der Waals surface area contributed by atoms with Crippen molar-refractivity contribution in [2.75, 3.05) is 13.6 Å². The molecule has 1 rings (SSSR count). The molecule has 0 amide bonds. The van der Waals surface area contributed by atoms with Crippen LogP contribution in [0.3, 0.4) is 0 Å². The van der Waals surface area contributed by atoms with Crippen LogP contribution in [0.25, 0.3) is 0 Å². The first-order valence-electron chi connectivity index (χ1n) is 3.58. The van der Waals surface area contributed by atoms with Crippen molar-refractivity contribution in [3.63, 3.8) is 0 Å². The van der Waals surface area contributed by atoms with Crippen LogP contribution in [-0.2, 0) is 0 Å². The number of rotatable bonds is 0. The van der Waals surface area contributed by atoms with Gasteiger partial charge >= 0.3 is 0 Å². The van der Waals surface area contributed by atoms with Crippen LogP contribution in [0.4, 0.5) is 0 Å². The lowest BCUT2D eigenvalue weighted by molar-refractivity contribution is 0.229. The molecule has 1 aliphatic heterocycles. The van der Waals surface area contributed by atoms with Gasteiger partial charge in [0, 0.05) is 12.6 Å². The lowest BCUT2D eigenvalue weighted by atomic mass is 9.99. The van der Waals surface area contributed by atoms with Crippen LogP contribution >= 0.6 is 0 Å². The maximum absolute atomic E-state index is 2.37. The minimum Gasteiger partial charge on any atom is -0.299 e. The molecule has 0 saturated carbocycles. The van der Waals surface area contributed by atoms with Crippen molar-refractivity contribution in [3.05, 3.63) is 12.2 Å². The summed E-state index contributed by atoms with van der Waals surface area (Å²) in [6.07, 6.45) is 4.54. The van der Waals surface area contributed by atoms with Crippen molar-refractivity contribution >= 4 is 0 Å². The van der Waals surface area contributed by atoms with Gasteiger partial charge in [-0.15, -0.1) is 0 Å². The smallest absolute Gasteiger partial charge is 0.0163 e. The van der Waals surface area contributed by atoms with Gasteiger partial charge in [0.1, 0.15) is 0 Å². The molecule has 9 heavy (non-hydrogen) atoms. The number of nitrogens with zero attached hydrogens (tertiary/aromatic N) is 1. The van der Waals surface area contributed by atoms with Crippen molar-refractivity contribution in [3.8, 4) is 0 Å². The van der Waals surface area contributed by atoms with Gasteiger partial charge in [0.05, 0.1) is 0 Å². The van der Waals surface area contributed by atoms with Crippen LogP contribution in [0.15, 0.2) is 12.2 Å². The summed E-state index contributed by atoms with van der Waals surface area (Å²) in [5.74, 6) is 0.726. The molecule has 1 aliphatic rings. The normalized spacial score (nSPS) is 37.2. The van der Waals surface area contributed by atoms with Gasteiger partial charge in [0.2, 0.25) is 0 Å². The third kappa shape index (κ3) is 1.33. The first-order valence-corrected chi connectivity index (χ1v) is 3.58. The summed E-state index contributed by atoms with van der Waals surface area (Å²) in [5.41, 5.74) is 0.